The maximum Gasteiger partial charge on any atom is 0.0430 e. The van der Waals surface area contributed by atoms with Crippen molar-refractivity contribution in [3.63, 3.8) is 0 Å². The number of rotatable bonds is 2. The number of hydrogen-bond acceptors (Lipinski definition) is 1. The minimum Gasteiger partial charge on any atom is -0.396 e. The molecule has 0 unspecified atom stereocenters. The second kappa shape index (κ2) is 9.27. The molecule has 0 atom stereocenters. The summed E-state index contributed by atoms with van der Waals surface area (Å²) in [6.45, 7) is 2.40. The van der Waals surface area contributed by atoms with Crippen LogP contribution < -0.4 is 0 Å². The number of aliphatic hydroxyl groups is 1. The molecule has 0 aliphatic rings. The van der Waals surface area contributed by atoms with Crippen molar-refractivity contribution < 1.29 is 30.9 Å². The van der Waals surface area contributed by atoms with Crippen molar-refractivity contribution in [2.45, 2.75) is 19.8 Å². The summed E-state index contributed by atoms with van der Waals surface area (Å²) in [5.74, 6) is 0. The van der Waals surface area contributed by atoms with Crippen LogP contribution in [0, 0.1) is 0 Å². The molecule has 0 aromatic heterocycles. The van der Waals surface area contributed by atoms with Gasteiger partial charge in [-0.1, -0.05) is 13.3 Å². The summed E-state index contributed by atoms with van der Waals surface area (Å²) in [5, 5.41) is 8.07. The molecule has 0 aromatic carbocycles. The van der Waals surface area contributed by atoms with Gasteiger partial charge in [0.15, 0.2) is 0 Å². The summed E-state index contributed by atoms with van der Waals surface area (Å²) in [6, 6.07) is 0. The Kier molecular flexibility index (Phi) is 15.4. The molecule has 6 heavy (non-hydrogen) atoms. The van der Waals surface area contributed by atoms with E-state index in [0.29, 0.717) is 6.61 Å². The topological polar surface area (TPSA) is 20.2 Å². The van der Waals surface area contributed by atoms with Gasteiger partial charge in [0.2, 0.25) is 0 Å². The summed E-state index contributed by atoms with van der Waals surface area (Å²) < 4.78 is 0. The van der Waals surface area contributed by atoms with Crippen molar-refractivity contribution in [2.75, 3.05) is 6.61 Å². The molecule has 0 fully saturated rings. The first kappa shape index (κ1) is 9.95. The third-order valence-electron chi connectivity index (χ3n) is 0.512. The van der Waals surface area contributed by atoms with Gasteiger partial charge in [-0.15, -0.1) is 0 Å². The van der Waals surface area contributed by atoms with E-state index in [4.69, 9.17) is 5.11 Å². The van der Waals surface area contributed by atoms with Crippen LogP contribution in [0.1, 0.15) is 19.8 Å². The van der Waals surface area contributed by atoms with Crippen molar-refractivity contribution in [3.05, 3.63) is 0 Å². The van der Waals surface area contributed by atoms with Gasteiger partial charge in [0.1, 0.15) is 0 Å². The van der Waals surface area contributed by atoms with Gasteiger partial charge >= 0.3 is 0 Å². The van der Waals surface area contributed by atoms with Crippen LogP contribution in [0.2, 0.25) is 0 Å². The van der Waals surface area contributed by atoms with Gasteiger partial charge in [-0.05, 0) is 6.42 Å². The quantitative estimate of drug-likeness (QED) is 0.569. The van der Waals surface area contributed by atoms with E-state index in [1.807, 2.05) is 0 Å². The van der Waals surface area contributed by atoms with Crippen molar-refractivity contribution in [2.24, 2.45) is 0 Å². The van der Waals surface area contributed by atoms with E-state index in [1.54, 1.807) is 0 Å². The zero-order valence-electron chi connectivity index (χ0n) is 4.15. The predicted molar refractivity (Wildman–Crippen MR) is 22.0 cm³/mol. The average molecular weight is 119 g/mol. The van der Waals surface area contributed by atoms with Crippen molar-refractivity contribution >= 4 is 0 Å². The molecule has 0 bridgehead atoms. The van der Waals surface area contributed by atoms with Crippen LogP contribution in [0.4, 0.5) is 0 Å². The Morgan fingerprint density at radius 3 is 2.00 bits per heavy atom. The Labute approximate surface area is 57.5 Å². The van der Waals surface area contributed by atoms with Crippen LogP contribution in [-0.2, 0) is 25.8 Å². The average Bonchev–Trinajstić information content (AvgIpc) is 1.41. The van der Waals surface area contributed by atoms with E-state index in [2.05, 4.69) is 6.92 Å². The van der Waals surface area contributed by atoms with Gasteiger partial charge in [0.25, 0.3) is 0 Å². The Balaban J connectivity index is 0. The zero-order chi connectivity index (χ0) is 4.12. The minimum absolute atomic E-state index is 0. The Morgan fingerprint density at radius 2 is 2.00 bits per heavy atom. The first-order valence-corrected chi connectivity index (χ1v) is 2.02. The maximum absolute atomic E-state index is 8.07. The van der Waals surface area contributed by atoms with E-state index < -0.39 is 0 Å². The largest absolute Gasteiger partial charge is 0.396 e. The summed E-state index contributed by atoms with van der Waals surface area (Å²) >= 11 is 0. The number of hydrogen-bond donors (Lipinski definition) is 1. The van der Waals surface area contributed by atoms with Crippen LogP contribution in [0.5, 0.6) is 0 Å². The van der Waals surface area contributed by atoms with E-state index in [-0.39, 0.29) is 25.8 Å². The second-order valence-electron chi connectivity index (χ2n) is 1.08. The normalized spacial score (nSPS) is 7.00. The van der Waals surface area contributed by atoms with Gasteiger partial charge in [-0.2, -0.15) is 0 Å². The second-order valence-corrected chi connectivity index (χ2v) is 1.08. The van der Waals surface area contributed by atoms with Gasteiger partial charge in [-0.25, -0.2) is 0 Å². The molecular formula is C4H10OSc. The molecule has 0 rings (SSSR count). The van der Waals surface area contributed by atoms with Crippen LogP contribution in [-0.4, -0.2) is 11.7 Å². The molecular weight excluding hydrogens is 109 g/mol. The van der Waals surface area contributed by atoms with Crippen LogP contribution in [0.15, 0.2) is 0 Å². The van der Waals surface area contributed by atoms with Gasteiger partial charge in [0, 0.05) is 32.5 Å². The molecule has 2 heteroatoms. The number of aliphatic hydroxyl groups excluding tert-OH is 1. The summed E-state index contributed by atoms with van der Waals surface area (Å²) in [7, 11) is 0. The fraction of sp³-hybridized carbons (Fsp3) is 1.00. The van der Waals surface area contributed by atoms with E-state index in [0.717, 1.165) is 12.8 Å². The Morgan fingerprint density at radius 1 is 1.50 bits per heavy atom. The summed E-state index contributed by atoms with van der Waals surface area (Å²) in [5.41, 5.74) is 0. The third-order valence-corrected chi connectivity index (χ3v) is 0.512. The molecule has 0 spiro atoms. The van der Waals surface area contributed by atoms with E-state index in [1.165, 1.54) is 0 Å². The SMILES string of the molecule is CCCCO.[Sc]. The predicted octanol–water partition coefficient (Wildman–Crippen LogP) is 0.776. The fourth-order valence-electron chi connectivity index (χ4n) is 0.158. The first-order chi connectivity index (χ1) is 2.41. The molecule has 1 N–H and O–H groups in total. The minimum atomic E-state index is 0. The molecule has 1 nitrogen and oxygen atoms in total. The van der Waals surface area contributed by atoms with Crippen molar-refractivity contribution in [1.29, 1.82) is 0 Å². The Hall–Kier alpha value is 0.830. The first-order valence-electron chi connectivity index (χ1n) is 2.02. The Bertz CT molecular complexity index is 15.0. The molecule has 0 heterocycles. The molecule has 35 valence electrons. The molecule has 0 aliphatic heterocycles. The fourth-order valence-corrected chi connectivity index (χ4v) is 0.158. The molecule has 0 saturated heterocycles. The van der Waals surface area contributed by atoms with Crippen LogP contribution in [0.25, 0.3) is 0 Å². The summed E-state index contributed by atoms with van der Waals surface area (Å²) in [4.78, 5) is 0. The van der Waals surface area contributed by atoms with Crippen LogP contribution in [0.3, 0.4) is 0 Å². The monoisotopic (exact) mass is 119 g/mol. The van der Waals surface area contributed by atoms with E-state index in [9.17, 15) is 0 Å². The molecule has 0 aliphatic carbocycles. The van der Waals surface area contributed by atoms with Gasteiger partial charge in [0.05, 0.1) is 0 Å². The molecule has 0 aromatic rings. The maximum atomic E-state index is 8.07. The smallest absolute Gasteiger partial charge is 0.0430 e. The standard InChI is InChI=1S/C4H10O.Sc/c1-2-3-4-5;/h5H,2-4H2,1H3;. The van der Waals surface area contributed by atoms with Gasteiger partial charge in [-0.3, -0.25) is 0 Å². The van der Waals surface area contributed by atoms with Crippen molar-refractivity contribution in [1.82, 2.24) is 0 Å². The third kappa shape index (κ3) is 8.85. The van der Waals surface area contributed by atoms with Crippen molar-refractivity contribution in [3.8, 4) is 0 Å². The molecule has 1 radical (unpaired) electrons. The molecule has 0 saturated carbocycles. The molecule has 0 amide bonds. The number of unbranched alkanes of at least 4 members (excludes halogenated alkanes) is 1. The van der Waals surface area contributed by atoms with Gasteiger partial charge < -0.3 is 5.11 Å². The summed E-state index contributed by atoms with van der Waals surface area (Å²) in [6.07, 6.45) is 2.04. The zero-order valence-corrected chi connectivity index (χ0v) is 5.95. The van der Waals surface area contributed by atoms with Crippen LogP contribution >= 0.6 is 0 Å². The van der Waals surface area contributed by atoms with E-state index >= 15 is 0 Å².